The summed E-state index contributed by atoms with van der Waals surface area (Å²) in [5.74, 6) is 0.331. The van der Waals surface area contributed by atoms with Gasteiger partial charge in [-0.1, -0.05) is 0 Å². The molecule has 1 saturated heterocycles. The Labute approximate surface area is 108 Å². The molecule has 3 amide bonds. The lowest BCUT2D eigenvalue weighted by molar-refractivity contribution is -0.124. The standard InChI is InChI=1S/C12H10N2O5/c15-8(5-14-11(16)4-13-12(14)17)7-1-2-9-10(3-7)19-6-18-9/h1-3H,4-6H2,(H,13,17). The maximum atomic E-state index is 12.0. The van der Waals surface area contributed by atoms with E-state index < -0.39 is 11.9 Å². The summed E-state index contributed by atoms with van der Waals surface area (Å²) < 4.78 is 10.3. The van der Waals surface area contributed by atoms with E-state index in [1.165, 1.54) is 0 Å². The number of nitrogens with one attached hydrogen (secondary N) is 1. The molecular formula is C12H10N2O5. The molecule has 0 radical (unpaired) electrons. The normalized spacial score (nSPS) is 16.7. The molecule has 0 saturated carbocycles. The van der Waals surface area contributed by atoms with Crippen LogP contribution in [0, 0.1) is 0 Å². The lowest BCUT2D eigenvalue weighted by Crippen LogP contribution is -2.35. The van der Waals surface area contributed by atoms with Crippen LogP contribution in [0.1, 0.15) is 10.4 Å². The number of rotatable bonds is 3. The third-order valence-electron chi connectivity index (χ3n) is 2.93. The maximum Gasteiger partial charge on any atom is 0.325 e. The molecule has 1 fully saturated rings. The van der Waals surface area contributed by atoms with Gasteiger partial charge in [-0.2, -0.15) is 0 Å². The molecule has 7 heteroatoms. The van der Waals surface area contributed by atoms with Crippen LogP contribution in [-0.4, -0.2) is 42.5 Å². The largest absolute Gasteiger partial charge is 0.454 e. The summed E-state index contributed by atoms with van der Waals surface area (Å²) in [6.45, 7) is -0.211. The van der Waals surface area contributed by atoms with Crippen molar-refractivity contribution in [2.45, 2.75) is 0 Å². The summed E-state index contributed by atoms with van der Waals surface area (Å²) in [7, 11) is 0. The number of amides is 3. The topological polar surface area (TPSA) is 84.9 Å². The average molecular weight is 262 g/mol. The van der Waals surface area contributed by atoms with Crippen molar-refractivity contribution in [2.24, 2.45) is 0 Å². The zero-order valence-corrected chi connectivity index (χ0v) is 9.84. The van der Waals surface area contributed by atoms with Gasteiger partial charge in [-0.3, -0.25) is 14.5 Å². The first-order chi connectivity index (χ1) is 9.15. The number of fused-ring (bicyclic) bond motifs is 1. The Balaban J connectivity index is 1.77. The Morgan fingerprint density at radius 2 is 2.05 bits per heavy atom. The van der Waals surface area contributed by atoms with Gasteiger partial charge >= 0.3 is 6.03 Å². The van der Waals surface area contributed by atoms with Crippen LogP contribution in [0.5, 0.6) is 11.5 Å². The molecule has 0 aromatic heterocycles. The van der Waals surface area contributed by atoms with Crippen molar-refractivity contribution in [3.63, 3.8) is 0 Å². The molecule has 0 aliphatic carbocycles. The zero-order chi connectivity index (χ0) is 13.4. The van der Waals surface area contributed by atoms with E-state index in [2.05, 4.69) is 5.32 Å². The summed E-state index contributed by atoms with van der Waals surface area (Å²) in [5, 5.41) is 2.36. The fraction of sp³-hybridized carbons (Fsp3) is 0.250. The van der Waals surface area contributed by atoms with Crippen LogP contribution in [0.15, 0.2) is 18.2 Å². The van der Waals surface area contributed by atoms with E-state index in [1.54, 1.807) is 18.2 Å². The van der Waals surface area contributed by atoms with Crippen molar-refractivity contribution < 1.29 is 23.9 Å². The smallest absolute Gasteiger partial charge is 0.325 e. The summed E-state index contributed by atoms with van der Waals surface area (Å²) >= 11 is 0. The van der Waals surface area contributed by atoms with E-state index >= 15 is 0 Å². The minimum absolute atomic E-state index is 0.0622. The second-order valence-electron chi connectivity index (χ2n) is 4.13. The molecule has 2 heterocycles. The molecule has 1 N–H and O–H groups in total. The first-order valence-electron chi connectivity index (χ1n) is 5.66. The van der Waals surface area contributed by atoms with Gasteiger partial charge < -0.3 is 14.8 Å². The Morgan fingerprint density at radius 3 is 2.79 bits per heavy atom. The predicted molar refractivity (Wildman–Crippen MR) is 62.0 cm³/mol. The number of hydrogen-bond acceptors (Lipinski definition) is 5. The molecule has 0 atom stereocenters. The summed E-state index contributed by atoms with van der Waals surface area (Å²) in [5.41, 5.74) is 0.372. The van der Waals surface area contributed by atoms with Crippen LogP contribution in [0.25, 0.3) is 0 Å². The van der Waals surface area contributed by atoms with Gasteiger partial charge in [0.15, 0.2) is 17.3 Å². The van der Waals surface area contributed by atoms with Crippen LogP contribution < -0.4 is 14.8 Å². The van der Waals surface area contributed by atoms with Gasteiger partial charge in [0, 0.05) is 5.56 Å². The second kappa shape index (κ2) is 4.27. The fourth-order valence-corrected chi connectivity index (χ4v) is 1.92. The molecular weight excluding hydrogens is 252 g/mol. The van der Waals surface area contributed by atoms with Crippen molar-refractivity contribution in [1.29, 1.82) is 0 Å². The number of ether oxygens (including phenoxy) is 2. The number of imide groups is 1. The average Bonchev–Trinajstić information content (AvgIpc) is 2.99. The fourth-order valence-electron chi connectivity index (χ4n) is 1.92. The van der Waals surface area contributed by atoms with E-state index in [9.17, 15) is 14.4 Å². The van der Waals surface area contributed by atoms with Crippen LogP contribution in [0.2, 0.25) is 0 Å². The summed E-state index contributed by atoms with van der Waals surface area (Å²) in [6.07, 6.45) is 0. The van der Waals surface area contributed by atoms with E-state index in [1.807, 2.05) is 0 Å². The third-order valence-corrected chi connectivity index (χ3v) is 2.93. The lowest BCUT2D eigenvalue weighted by atomic mass is 10.1. The molecule has 19 heavy (non-hydrogen) atoms. The minimum Gasteiger partial charge on any atom is -0.454 e. The number of ketones is 1. The molecule has 1 aromatic rings. The minimum atomic E-state index is -0.543. The number of hydrogen-bond donors (Lipinski definition) is 1. The highest BCUT2D eigenvalue weighted by Gasteiger charge is 2.30. The number of urea groups is 1. The van der Waals surface area contributed by atoms with E-state index in [0.29, 0.717) is 17.1 Å². The van der Waals surface area contributed by atoms with Crippen LogP contribution in [-0.2, 0) is 4.79 Å². The van der Waals surface area contributed by atoms with Crippen molar-refractivity contribution in [3.05, 3.63) is 23.8 Å². The van der Waals surface area contributed by atoms with Crippen LogP contribution in [0.3, 0.4) is 0 Å². The zero-order valence-electron chi connectivity index (χ0n) is 9.84. The second-order valence-corrected chi connectivity index (χ2v) is 4.13. The molecule has 98 valence electrons. The Morgan fingerprint density at radius 1 is 1.26 bits per heavy atom. The third kappa shape index (κ3) is 1.99. The van der Waals surface area contributed by atoms with Gasteiger partial charge in [-0.15, -0.1) is 0 Å². The monoisotopic (exact) mass is 262 g/mol. The number of carbonyl (C=O) groups excluding carboxylic acids is 3. The van der Waals surface area contributed by atoms with Gasteiger partial charge in [0.05, 0.1) is 13.1 Å². The number of nitrogens with zero attached hydrogens (tertiary/aromatic N) is 1. The highest BCUT2D eigenvalue weighted by molar-refractivity contribution is 6.08. The van der Waals surface area contributed by atoms with Crippen molar-refractivity contribution in [1.82, 2.24) is 10.2 Å². The first kappa shape index (κ1) is 11.5. The molecule has 1 aromatic carbocycles. The number of carbonyl (C=O) groups is 3. The molecule has 3 rings (SSSR count). The molecule has 2 aliphatic rings. The number of Topliss-reactive ketones (excluding diaryl/α,β-unsaturated/α-hetero) is 1. The van der Waals surface area contributed by atoms with Gasteiger partial charge in [0.2, 0.25) is 12.7 Å². The SMILES string of the molecule is O=C(CN1C(=O)CNC1=O)c1ccc2c(c1)OCO2. The van der Waals surface area contributed by atoms with Crippen LogP contribution >= 0.6 is 0 Å². The van der Waals surface area contributed by atoms with E-state index in [0.717, 1.165) is 4.90 Å². The maximum absolute atomic E-state index is 12.0. The van der Waals surface area contributed by atoms with Crippen molar-refractivity contribution >= 4 is 17.7 Å². The quantitative estimate of drug-likeness (QED) is 0.619. The first-order valence-corrected chi connectivity index (χ1v) is 5.66. The Bertz CT molecular complexity index is 567. The molecule has 0 spiro atoms. The summed E-state index contributed by atoms with van der Waals surface area (Å²) in [6, 6.07) is 4.21. The summed E-state index contributed by atoms with van der Waals surface area (Å²) in [4.78, 5) is 35.6. The predicted octanol–water partition coefficient (Wildman–Crippen LogP) is 0.150. The van der Waals surface area contributed by atoms with E-state index in [-0.39, 0.29) is 25.7 Å². The number of benzene rings is 1. The van der Waals surface area contributed by atoms with Gasteiger partial charge in [-0.05, 0) is 18.2 Å². The van der Waals surface area contributed by atoms with Crippen molar-refractivity contribution in [2.75, 3.05) is 19.9 Å². The lowest BCUT2D eigenvalue weighted by Gasteiger charge is -2.11. The van der Waals surface area contributed by atoms with Gasteiger partial charge in [0.25, 0.3) is 0 Å². The highest BCUT2D eigenvalue weighted by Crippen LogP contribution is 2.32. The Kier molecular flexibility index (Phi) is 2.59. The highest BCUT2D eigenvalue weighted by atomic mass is 16.7. The molecule has 0 unspecified atom stereocenters. The van der Waals surface area contributed by atoms with Crippen molar-refractivity contribution in [3.8, 4) is 11.5 Å². The molecule has 7 nitrogen and oxygen atoms in total. The molecule has 0 bridgehead atoms. The van der Waals surface area contributed by atoms with Gasteiger partial charge in [-0.25, -0.2) is 4.79 Å². The van der Waals surface area contributed by atoms with Crippen LogP contribution in [0.4, 0.5) is 4.79 Å². The van der Waals surface area contributed by atoms with E-state index in [4.69, 9.17) is 9.47 Å². The van der Waals surface area contributed by atoms with Gasteiger partial charge in [0.1, 0.15) is 0 Å². The molecule has 2 aliphatic heterocycles. The Hall–Kier alpha value is -2.57.